The van der Waals surface area contributed by atoms with Crippen molar-refractivity contribution in [3.05, 3.63) is 48.3 Å². The third kappa shape index (κ3) is 3.54. The van der Waals surface area contributed by atoms with Gasteiger partial charge in [0.05, 0.1) is 0 Å². The van der Waals surface area contributed by atoms with Gasteiger partial charge in [-0.3, -0.25) is 0 Å². The number of hydrogen-bond acceptors (Lipinski definition) is 4. The van der Waals surface area contributed by atoms with E-state index in [0.717, 1.165) is 30.5 Å². The Morgan fingerprint density at radius 1 is 1.15 bits per heavy atom. The van der Waals surface area contributed by atoms with Crippen molar-refractivity contribution in [1.29, 1.82) is 0 Å². The van der Waals surface area contributed by atoms with Crippen LogP contribution in [0, 0.1) is 5.92 Å². The Labute approximate surface area is 119 Å². The fraction of sp³-hybridized carbons (Fsp3) is 0.375. The van der Waals surface area contributed by atoms with Crippen LogP contribution in [-0.4, -0.2) is 23.1 Å². The molecule has 1 unspecified atom stereocenters. The van der Waals surface area contributed by atoms with E-state index in [-0.39, 0.29) is 0 Å². The summed E-state index contributed by atoms with van der Waals surface area (Å²) in [6, 6.07) is 10.1. The van der Waals surface area contributed by atoms with Crippen molar-refractivity contribution in [2.24, 2.45) is 5.92 Å². The molecular weight excluding hydrogens is 248 g/mol. The fourth-order valence-electron chi connectivity index (χ4n) is 2.67. The molecule has 0 radical (unpaired) electrons. The number of aromatic nitrogens is 2. The van der Waals surface area contributed by atoms with Crippen LogP contribution in [0.2, 0.25) is 0 Å². The topological polar surface area (TPSA) is 49.8 Å². The van der Waals surface area contributed by atoms with Crippen LogP contribution in [0.4, 0.5) is 11.6 Å². The maximum Gasteiger partial charge on any atom is 0.131 e. The summed E-state index contributed by atoms with van der Waals surface area (Å²) in [7, 11) is 0. The van der Waals surface area contributed by atoms with Crippen molar-refractivity contribution in [2.75, 3.05) is 18.4 Å². The second-order valence-electron chi connectivity index (χ2n) is 5.31. The number of anilines is 2. The lowest BCUT2D eigenvalue weighted by atomic mass is 9.93. The van der Waals surface area contributed by atoms with E-state index in [1.807, 2.05) is 24.4 Å². The zero-order chi connectivity index (χ0) is 13.6. The Morgan fingerprint density at radius 2 is 2.10 bits per heavy atom. The maximum atomic E-state index is 4.36. The smallest absolute Gasteiger partial charge is 0.131 e. The summed E-state index contributed by atoms with van der Waals surface area (Å²) < 4.78 is 0. The molecule has 1 aliphatic heterocycles. The Hall–Kier alpha value is -1.94. The van der Waals surface area contributed by atoms with Crippen LogP contribution in [0.1, 0.15) is 18.4 Å². The SMILES string of the molecule is c1ccc(Nc2cc(CC3CCCNC3)ccn2)nc1. The molecule has 2 N–H and O–H groups in total. The largest absolute Gasteiger partial charge is 0.325 e. The summed E-state index contributed by atoms with van der Waals surface area (Å²) in [5.74, 6) is 2.44. The summed E-state index contributed by atoms with van der Waals surface area (Å²) in [5, 5.41) is 6.71. The molecule has 1 fully saturated rings. The third-order valence-corrected chi connectivity index (χ3v) is 3.67. The molecule has 4 nitrogen and oxygen atoms in total. The van der Waals surface area contributed by atoms with Crippen LogP contribution in [0.25, 0.3) is 0 Å². The first-order valence-electron chi connectivity index (χ1n) is 7.24. The van der Waals surface area contributed by atoms with Gasteiger partial charge in [0.2, 0.25) is 0 Å². The van der Waals surface area contributed by atoms with Crippen molar-refractivity contribution in [3.63, 3.8) is 0 Å². The predicted molar refractivity (Wildman–Crippen MR) is 81.1 cm³/mol. The molecule has 4 heteroatoms. The van der Waals surface area contributed by atoms with Gasteiger partial charge in [0.25, 0.3) is 0 Å². The van der Waals surface area contributed by atoms with Crippen LogP contribution in [0.5, 0.6) is 0 Å². The summed E-state index contributed by atoms with van der Waals surface area (Å²) in [6.45, 7) is 2.30. The Bertz CT molecular complexity index is 535. The van der Waals surface area contributed by atoms with Gasteiger partial charge in [-0.2, -0.15) is 0 Å². The lowest BCUT2D eigenvalue weighted by Gasteiger charge is -2.22. The van der Waals surface area contributed by atoms with Gasteiger partial charge >= 0.3 is 0 Å². The number of rotatable bonds is 4. The highest BCUT2D eigenvalue weighted by Crippen LogP contribution is 2.19. The molecule has 1 saturated heterocycles. The number of nitrogens with one attached hydrogen (secondary N) is 2. The minimum absolute atomic E-state index is 0.744. The maximum absolute atomic E-state index is 4.36. The molecule has 104 valence electrons. The average molecular weight is 268 g/mol. The van der Waals surface area contributed by atoms with Gasteiger partial charge in [-0.25, -0.2) is 9.97 Å². The van der Waals surface area contributed by atoms with Crippen LogP contribution in [-0.2, 0) is 6.42 Å². The van der Waals surface area contributed by atoms with E-state index in [2.05, 4.69) is 32.7 Å². The van der Waals surface area contributed by atoms with Crippen LogP contribution in [0.3, 0.4) is 0 Å². The first kappa shape index (κ1) is 13.1. The number of nitrogens with zero attached hydrogens (tertiary/aromatic N) is 2. The molecule has 1 atom stereocenters. The lowest BCUT2D eigenvalue weighted by Crippen LogP contribution is -2.30. The highest BCUT2D eigenvalue weighted by Gasteiger charge is 2.13. The first-order chi connectivity index (χ1) is 9.90. The van der Waals surface area contributed by atoms with E-state index in [9.17, 15) is 0 Å². The highest BCUT2D eigenvalue weighted by molar-refractivity contribution is 5.51. The van der Waals surface area contributed by atoms with E-state index < -0.39 is 0 Å². The molecule has 0 aliphatic carbocycles. The summed E-state index contributed by atoms with van der Waals surface area (Å²) in [4.78, 5) is 8.62. The molecule has 1 aliphatic rings. The molecule has 2 aromatic heterocycles. The van der Waals surface area contributed by atoms with Crippen LogP contribution >= 0.6 is 0 Å². The molecule has 3 heterocycles. The van der Waals surface area contributed by atoms with Gasteiger partial charge in [0.15, 0.2) is 0 Å². The number of pyridine rings is 2. The van der Waals surface area contributed by atoms with Crippen LogP contribution < -0.4 is 10.6 Å². The standard InChI is InChI=1S/C16H20N4/c1-2-8-18-15(5-1)20-16-11-13(6-9-19-16)10-14-4-3-7-17-12-14/h1-2,5-6,8-9,11,14,17H,3-4,7,10,12H2,(H,18,19,20). The van der Waals surface area contributed by atoms with Crippen molar-refractivity contribution in [3.8, 4) is 0 Å². The van der Waals surface area contributed by atoms with E-state index in [4.69, 9.17) is 0 Å². The van der Waals surface area contributed by atoms with Crippen molar-refractivity contribution in [1.82, 2.24) is 15.3 Å². The van der Waals surface area contributed by atoms with E-state index in [1.54, 1.807) is 6.20 Å². The molecule has 20 heavy (non-hydrogen) atoms. The average Bonchev–Trinajstić information content (AvgIpc) is 2.50. The molecule has 0 spiro atoms. The molecule has 0 aromatic carbocycles. The van der Waals surface area contributed by atoms with Gasteiger partial charge in [0, 0.05) is 12.4 Å². The second-order valence-corrected chi connectivity index (χ2v) is 5.31. The minimum Gasteiger partial charge on any atom is -0.325 e. The quantitative estimate of drug-likeness (QED) is 0.895. The Morgan fingerprint density at radius 3 is 2.90 bits per heavy atom. The van der Waals surface area contributed by atoms with E-state index >= 15 is 0 Å². The summed E-state index contributed by atoms with van der Waals surface area (Å²) in [6.07, 6.45) is 7.37. The zero-order valence-corrected chi connectivity index (χ0v) is 11.5. The molecular formula is C16H20N4. The molecule has 0 amide bonds. The van der Waals surface area contributed by atoms with E-state index in [0.29, 0.717) is 0 Å². The second kappa shape index (κ2) is 6.48. The highest BCUT2D eigenvalue weighted by atomic mass is 15.0. The van der Waals surface area contributed by atoms with Crippen molar-refractivity contribution in [2.45, 2.75) is 19.3 Å². The molecule has 3 rings (SSSR count). The van der Waals surface area contributed by atoms with E-state index in [1.165, 1.54) is 24.9 Å². The zero-order valence-electron chi connectivity index (χ0n) is 11.5. The third-order valence-electron chi connectivity index (χ3n) is 3.67. The molecule has 0 bridgehead atoms. The number of piperidine rings is 1. The minimum atomic E-state index is 0.744. The summed E-state index contributed by atoms with van der Waals surface area (Å²) >= 11 is 0. The molecule has 0 saturated carbocycles. The normalized spacial score (nSPS) is 18.7. The lowest BCUT2D eigenvalue weighted by molar-refractivity contribution is 0.376. The Kier molecular flexibility index (Phi) is 4.23. The first-order valence-corrected chi connectivity index (χ1v) is 7.24. The van der Waals surface area contributed by atoms with Gasteiger partial charge in [0.1, 0.15) is 11.6 Å². The van der Waals surface area contributed by atoms with Crippen LogP contribution in [0.15, 0.2) is 42.7 Å². The van der Waals surface area contributed by atoms with Gasteiger partial charge in [-0.05, 0) is 68.1 Å². The fourth-order valence-corrected chi connectivity index (χ4v) is 2.67. The monoisotopic (exact) mass is 268 g/mol. The predicted octanol–water partition coefficient (Wildman–Crippen LogP) is 2.76. The summed E-state index contributed by atoms with van der Waals surface area (Å²) in [5.41, 5.74) is 1.34. The van der Waals surface area contributed by atoms with Gasteiger partial charge < -0.3 is 10.6 Å². The van der Waals surface area contributed by atoms with Gasteiger partial charge in [-0.15, -0.1) is 0 Å². The van der Waals surface area contributed by atoms with Crippen molar-refractivity contribution < 1.29 is 0 Å². The molecule has 2 aromatic rings. The number of hydrogen-bond donors (Lipinski definition) is 2. The van der Waals surface area contributed by atoms with Gasteiger partial charge in [-0.1, -0.05) is 6.07 Å². The van der Waals surface area contributed by atoms with Crippen molar-refractivity contribution >= 4 is 11.6 Å². The Balaban J connectivity index is 1.66.